The topological polar surface area (TPSA) is 270 Å². The van der Waals surface area contributed by atoms with E-state index in [0.717, 1.165) is 5.69 Å². The number of rotatable bonds is 21. The minimum Gasteiger partial charge on any atom is -0.491 e. The van der Waals surface area contributed by atoms with E-state index in [1.807, 2.05) is 55.8 Å². The summed E-state index contributed by atoms with van der Waals surface area (Å²) in [5.41, 5.74) is 16.2. The first-order chi connectivity index (χ1) is 30.6. The standard InChI is InChI=1S/C43H56N14O7/c1-7-55-31(17-24(3)51-55)40(61)49-42-47-29-19-26(38(44)59)21-33(63-16-10-13-46-35(58)12-15-53(5)6)36(29)54(42)14-9-11-28-23-64-34-22-27(39(45)60)20-30-37(34)57(28)43(48-30)50-41(62)32-18-25(4)52-56(32)8-2/h17-22,28,41,62H,7-16,23H2,1-6H3,(H2,44,59)(H2,45,60)(H,46,58)(H,48,50)(H,47,49,61)/t28-,41?/m0/s1. The third kappa shape index (κ3) is 9.64. The molecule has 1 unspecified atom stereocenters. The lowest BCUT2D eigenvalue weighted by atomic mass is 10.1. The Morgan fingerprint density at radius 2 is 1.58 bits per heavy atom. The SMILES string of the molecule is CCn1nc(C)cc1C(=O)Nc1nc2cc(C(N)=O)cc(OCCCNC(=O)CCN(C)C)c2n1CCC[C@H]1COc2cc(C(N)=O)cc3nc(NC(O)c4cc(C)nn4CC)n1c23. The lowest BCUT2D eigenvalue weighted by molar-refractivity contribution is -0.121. The molecular formula is C43H56N14O7. The summed E-state index contributed by atoms with van der Waals surface area (Å²) in [7, 11) is 3.81. The van der Waals surface area contributed by atoms with E-state index < -0.39 is 23.9 Å². The van der Waals surface area contributed by atoms with Gasteiger partial charge in [0.25, 0.3) is 5.91 Å². The number of carbonyl (C=O) groups is 4. The highest BCUT2D eigenvalue weighted by Crippen LogP contribution is 2.40. The van der Waals surface area contributed by atoms with E-state index in [0.29, 0.717) is 115 Å². The highest BCUT2D eigenvalue weighted by molar-refractivity contribution is 6.04. The maximum absolute atomic E-state index is 13.9. The normalized spacial score (nSPS) is 13.9. The third-order valence-electron chi connectivity index (χ3n) is 11.0. The summed E-state index contributed by atoms with van der Waals surface area (Å²) in [6.07, 6.45) is 0.687. The van der Waals surface area contributed by atoms with Gasteiger partial charge in [-0.05, 0) is 97.5 Å². The molecule has 4 amide bonds. The number of aliphatic hydroxyl groups is 1. The number of nitrogens with two attached hydrogens (primary N) is 2. The van der Waals surface area contributed by atoms with Gasteiger partial charge in [-0.1, -0.05) is 0 Å². The Bertz CT molecular complexity index is 2710. The summed E-state index contributed by atoms with van der Waals surface area (Å²) in [5.74, 6) is -0.487. The van der Waals surface area contributed by atoms with Gasteiger partial charge in [0.2, 0.25) is 29.6 Å². The van der Waals surface area contributed by atoms with Crippen molar-refractivity contribution in [2.24, 2.45) is 11.5 Å². The maximum atomic E-state index is 13.9. The zero-order chi connectivity index (χ0) is 45.8. The van der Waals surface area contributed by atoms with Crippen molar-refractivity contribution in [2.45, 2.75) is 85.3 Å². The Kier molecular flexibility index (Phi) is 13.5. The van der Waals surface area contributed by atoms with Crippen molar-refractivity contribution < 1.29 is 33.8 Å². The second-order valence-corrected chi connectivity index (χ2v) is 16.0. The molecule has 1 aliphatic rings. The van der Waals surface area contributed by atoms with Crippen molar-refractivity contribution in [1.29, 1.82) is 0 Å². The predicted molar refractivity (Wildman–Crippen MR) is 238 cm³/mol. The Morgan fingerprint density at radius 3 is 2.28 bits per heavy atom. The minimum atomic E-state index is -1.17. The van der Waals surface area contributed by atoms with Crippen LogP contribution in [0.1, 0.15) is 100 Å². The highest BCUT2D eigenvalue weighted by Gasteiger charge is 2.30. The number of nitrogens with zero attached hydrogens (tertiary/aromatic N) is 9. The first-order valence-corrected chi connectivity index (χ1v) is 21.4. The number of hydrogen-bond acceptors (Lipinski definition) is 13. The largest absolute Gasteiger partial charge is 0.491 e. The number of aliphatic hydroxyl groups excluding tert-OH is 1. The van der Waals surface area contributed by atoms with E-state index >= 15 is 0 Å². The first kappa shape index (κ1) is 45.0. The first-order valence-electron chi connectivity index (χ1n) is 21.4. The fourth-order valence-corrected chi connectivity index (χ4v) is 7.92. The van der Waals surface area contributed by atoms with Crippen LogP contribution in [0.15, 0.2) is 36.4 Å². The fourth-order valence-electron chi connectivity index (χ4n) is 7.92. The molecule has 0 saturated carbocycles. The number of nitrogens with one attached hydrogen (secondary N) is 3. The molecule has 4 aromatic heterocycles. The number of amides is 4. The van der Waals surface area contributed by atoms with Gasteiger partial charge in [0.05, 0.1) is 40.8 Å². The molecule has 7 rings (SSSR count). The second kappa shape index (κ2) is 19.2. The Labute approximate surface area is 369 Å². The van der Waals surface area contributed by atoms with E-state index in [2.05, 4.69) is 26.1 Å². The van der Waals surface area contributed by atoms with Gasteiger partial charge >= 0.3 is 0 Å². The van der Waals surface area contributed by atoms with Crippen LogP contribution < -0.4 is 36.9 Å². The van der Waals surface area contributed by atoms with E-state index in [9.17, 15) is 24.3 Å². The van der Waals surface area contributed by atoms with Crippen LogP contribution in [0, 0.1) is 13.8 Å². The molecule has 6 aromatic rings. The molecule has 21 heteroatoms. The Morgan fingerprint density at radius 1 is 0.906 bits per heavy atom. The van der Waals surface area contributed by atoms with Gasteiger partial charge in [0.1, 0.15) is 34.8 Å². The lowest BCUT2D eigenvalue weighted by Gasteiger charge is -2.28. The molecule has 0 radical (unpaired) electrons. The highest BCUT2D eigenvalue weighted by atomic mass is 16.5. The van der Waals surface area contributed by atoms with E-state index in [1.165, 1.54) is 0 Å². The third-order valence-corrected chi connectivity index (χ3v) is 11.0. The lowest BCUT2D eigenvalue weighted by Crippen LogP contribution is -2.28. The zero-order valence-electron chi connectivity index (χ0n) is 37.0. The summed E-state index contributed by atoms with van der Waals surface area (Å²) in [6.45, 7) is 10.2. The van der Waals surface area contributed by atoms with E-state index in [4.69, 9.17) is 30.9 Å². The monoisotopic (exact) mass is 880 g/mol. The van der Waals surface area contributed by atoms with Gasteiger partial charge in [-0.2, -0.15) is 10.2 Å². The van der Waals surface area contributed by atoms with Crippen LogP contribution in [0.4, 0.5) is 11.9 Å². The van der Waals surface area contributed by atoms with Gasteiger partial charge in [0.15, 0.2) is 6.23 Å². The summed E-state index contributed by atoms with van der Waals surface area (Å²) in [4.78, 5) is 62.6. The maximum Gasteiger partial charge on any atom is 0.276 e. The predicted octanol–water partition coefficient (Wildman–Crippen LogP) is 3.24. The van der Waals surface area contributed by atoms with Crippen LogP contribution in [0.3, 0.4) is 0 Å². The molecular weight excluding hydrogens is 825 g/mol. The smallest absolute Gasteiger partial charge is 0.276 e. The molecule has 0 saturated heterocycles. The number of anilines is 2. The number of fused-ring (bicyclic) bond motifs is 1. The van der Waals surface area contributed by atoms with Crippen molar-refractivity contribution in [3.05, 3.63) is 70.3 Å². The summed E-state index contributed by atoms with van der Waals surface area (Å²) in [5, 5.41) is 29.5. The van der Waals surface area contributed by atoms with Crippen molar-refractivity contribution in [2.75, 3.05) is 51.0 Å². The molecule has 21 nitrogen and oxygen atoms in total. The number of imidazole rings is 2. The van der Waals surface area contributed by atoms with E-state index in [1.54, 1.807) is 45.8 Å². The van der Waals surface area contributed by atoms with E-state index in [-0.39, 0.29) is 42.2 Å². The average Bonchev–Trinajstić information content (AvgIpc) is 4.03. The van der Waals surface area contributed by atoms with Gasteiger partial charge < -0.3 is 50.7 Å². The average molecular weight is 881 g/mol. The molecule has 0 spiro atoms. The molecule has 2 aromatic carbocycles. The quantitative estimate of drug-likeness (QED) is 0.0448. The molecule has 0 aliphatic carbocycles. The Balaban J connectivity index is 1.20. The van der Waals surface area contributed by atoms with Crippen LogP contribution in [0.25, 0.3) is 22.1 Å². The number of hydrogen-bond donors (Lipinski definition) is 6. The zero-order valence-corrected chi connectivity index (χ0v) is 37.0. The van der Waals surface area contributed by atoms with Crippen molar-refractivity contribution in [3.8, 4) is 11.5 Å². The Hall–Kier alpha value is -7.00. The van der Waals surface area contributed by atoms with Crippen LogP contribution in [-0.2, 0) is 24.4 Å². The number of benzene rings is 2. The number of aromatic nitrogens is 8. The number of primary amides is 2. The van der Waals surface area contributed by atoms with Crippen LogP contribution in [0.2, 0.25) is 0 Å². The molecule has 0 bridgehead atoms. The van der Waals surface area contributed by atoms with Gasteiger partial charge in [-0.3, -0.25) is 33.9 Å². The van der Waals surface area contributed by atoms with Crippen molar-refractivity contribution in [1.82, 2.24) is 48.9 Å². The molecule has 340 valence electrons. The number of ether oxygens (including phenoxy) is 2. The summed E-state index contributed by atoms with van der Waals surface area (Å²) in [6, 6.07) is 9.49. The van der Waals surface area contributed by atoms with Crippen LogP contribution in [0.5, 0.6) is 11.5 Å². The van der Waals surface area contributed by atoms with Gasteiger partial charge in [-0.25, -0.2) is 9.97 Å². The molecule has 2 atom stereocenters. The fraction of sp³-hybridized carbons (Fsp3) is 0.442. The second-order valence-electron chi connectivity index (χ2n) is 16.0. The van der Waals surface area contributed by atoms with Crippen LogP contribution >= 0.6 is 0 Å². The molecule has 8 N–H and O–H groups in total. The van der Waals surface area contributed by atoms with Crippen molar-refractivity contribution >= 4 is 57.6 Å². The molecule has 1 aliphatic heterocycles. The molecule has 64 heavy (non-hydrogen) atoms. The molecule has 0 fully saturated rings. The minimum absolute atomic E-state index is 0.0679. The molecule has 5 heterocycles. The van der Waals surface area contributed by atoms with Gasteiger partial charge in [0, 0.05) is 50.3 Å². The number of aryl methyl sites for hydroxylation is 5. The summed E-state index contributed by atoms with van der Waals surface area (Å²) >= 11 is 0. The van der Waals surface area contributed by atoms with Crippen molar-refractivity contribution in [3.63, 3.8) is 0 Å². The van der Waals surface area contributed by atoms with Crippen LogP contribution in [-0.4, -0.2) is 113 Å². The van der Waals surface area contributed by atoms with Gasteiger partial charge in [-0.15, -0.1) is 0 Å². The summed E-state index contributed by atoms with van der Waals surface area (Å²) < 4.78 is 19.7. The number of carbonyl (C=O) groups excluding carboxylic acids is 4.